The van der Waals surface area contributed by atoms with Gasteiger partial charge in [0, 0.05) is 37.8 Å². The lowest BCUT2D eigenvalue weighted by Crippen LogP contribution is -2.47. The van der Waals surface area contributed by atoms with E-state index in [0.717, 1.165) is 31.1 Å². The van der Waals surface area contributed by atoms with Gasteiger partial charge in [-0.2, -0.15) is 0 Å². The molecule has 0 spiro atoms. The number of anilines is 1. The number of amides is 1. The van der Waals surface area contributed by atoms with E-state index in [1.54, 1.807) is 48.2 Å². The number of fused-ring (bicyclic) bond motifs is 1. The number of rotatable bonds is 9. The van der Waals surface area contributed by atoms with E-state index in [2.05, 4.69) is 9.62 Å². The smallest absolute Gasteiger partial charge is 0.335 e. The molecular formula is C31H45N3O8S. The van der Waals surface area contributed by atoms with Crippen molar-refractivity contribution in [3.63, 3.8) is 0 Å². The Morgan fingerprint density at radius 3 is 2.49 bits per heavy atom. The Morgan fingerprint density at radius 2 is 1.86 bits per heavy atom. The lowest BCUT2D eigenvalue weighted by Gasteiger charge is -2.36. The quantitative estimate of drug-likeness (QED) is 0.383. The van der Waals surface area contributed by atoms with Crippen LogP contribution in [0.15, 0.2) is 42.5 Å². The molecular weight excluding hydrogens is 574 g/mol. The number of likely N-dealkylation sites (N-methyl/N-ethyl adjacent to an activating group) is 1. The predicted octanol–water partition coefficient (Wildman–Crippen LogP) is 3.68. The number of nitrogens with one attached hydrogen (secondary N) is 1. The van der Waals surface area contributed by atoms with E-state index in [0.29, 0.717) is 25.4 Å². The Morgan fingerprint density at radius 1 is 1.16 bits per heavy atom. The van der Waals surface area contributed by atoms with Crippen LogP contribution in [0.2, 0.25) is 0 Å². The van der Waals surface area contributed by atoms with Gasteiger partial charge in [0.05, 0.1) is 42.2 Å². The van der Waals surface area contributed by atoms with E-state index in [1.165, 1.54) is 6.07 Å². The van der Waals surface area contributed by atoms with Crippen molar-refractivity contribution in [3.8, 4) is 5.75 Å². The third-order valence-electron chi connectivity index (χ3n) is 7.50. The zero-order chi connectivity index (χ0) is 31.7. The van der Waals surface area contributed by atoms with Crippen LogP contribution >= 0.6 is 0 Å². The number of carbonyl (C=O) groups excluding carboxylic acids is 1. The third-order valence-corrected chi connectivity index (χ3v) is 8.11. The van der Waals surface area contributed by atoms with Crippen LogP contribution in [-0.2, 0) is 21.3 Å². The van der Waals surface area contributed by atoms with Crippen LogP contribution in [0.4, 0.5) is 5.69 Å². The minimum absolute atomic E-state index is 0.127. The molecule has 0 saturated heterocycles. The zero-order valence-corrected chi connectivity index (χ0v) is 26.5. The molecule has 238 valence electrons. The molecule has 1 aliphatic heterocycles. The number of benzene rings is 2. The summed E-state index contributed by atoms with van der Waals surface area (Å²) in [6.07, 6.45) is 3.04. The van der Waals surface area contributed by atoms with Gasteiger partial charge in [0.15, 0.2) is 0 Å². The van der Waals surface area contributed by atoms with Crippen molar-refractivity contribution in [1.82, 2.24) is 9.80 Å². The first-order chi connectivity index (χ1) is 20.3. The van der Waals surface area contributed by atoms with Gasteiger partial charge in [0.1, 0.15) is 5.75 Å². The van der Waals surface area contributed by atoms with E-state index in [4.69, 9.17) is 9.47 Å². The second kappa shape index (κ2) is 15.5. The van der Waals surface area contributed by atoms with Gasteiger partial charge in [-0.25, -0.2) is 13.2 Å². The number of aromatic carboxylic acids is 1. The highest BCUT2D eigenvalue weighted by molar-refractivity contribution is 7.92. The van der Waals surface area contributed by atoms with Gasteiger partial charge >= 0.3 is 5.97 Å². The van der Waals surface area contributed by atoms with Gasteiger partial charge in [-0.05, 0) is 76.1 Å². The molecule has 0 aromatic heterocycles. The molecule has 0 fully saturated rings. The Labute approximate surface area is 254 Å². The first kappa shape index (κ1) is 34.3. The molecule has 1 amide bonds. The molecule has 0 aliphatic carbocycles. The molecule has 1 aliphatic rings. The zero-order valence-electron chi connectivity index (χ0n) is 25.7. The van der Waals surface area contributed by atoms with Crippen molar-refractivity contribution in [2.75, 3.05) is 44.3 Å². The average Bonchev–Trinajstić information content (AvgIpc) is 2.94. The van der Waals surface area contributed by atoms with E-state index in [-0.39, 0.29) is 54.0 Å². The molecule has 11 nitrogen and oxygen atoms in total. The summed E-state index contributed by atoms with van der Waals surface area (Å²) in [6, 6.07) is 10.9. The topological polar surface area (TPSA) is 146 Å². The average molecular weight is 620 g/mol. The van der Waals surface area contributed by atoms with Crippen molar-refractivity contribution in [2.24, 2.45) is 5.92 Å². The fourth-order valence-corrected chi connectivity index (χ4v) is 5.65. The molecule has 0 radical (unpaired) electrons. The Balaban J connectivity index is 1.89. The number of sulfonamides is 1. The second-order valence-electron chi connectivity index (χ2n) is 11.6. The number of nitrogens with zero attached hydrogens (tertiary/aromatic N) is 2. The molecule has 0 saturated carbocycles. The number of hydrogen-bond donors (Lipinski definition) is 3. The predicted molar refractivity (Wildman–Crippen MR) is 165 cm³/mol. The highest BCUT2D eigenvalue weighted by Crippen LogP contribution is 2.29. The van der Waals surface area contributed by atoms with Gasteiger partial charge in [-0.1, -0.05) is 19.1 Å². The van der Waals surface area contributed by atoms with Crippen LogP contribution in [0.25, 0.3) is 0 Å². The number of ether oxygens (including phenoxy) is 2. The van der Waals surface area contributed by atoms with E-state index >= 15 is 0 Å². The highest BCUT2D eigenvalue weighted by atomic mass is 32.2. The van der Waals surface area contributed by atoms with Crippen LogP contribution in [0, 0.1) is 5.92 Å². The number of hydrogen-bond acceptors (Lipinski definition) is 8. The van der Waals surface area contributed by atoms with E-state index < -0.39 is 22.0 Å². The monoisotopic (exact) mass is 619 g/mol. The molecule has 12 heteroatoms. The minimum atomic E-state index is -3.57. The summed E-state index contributed by atoms with van der Waals surface area (Å²) in [5, 5.41) is 19.3. The number of carboxylic acids is 1. The lowest BCUT2D eigenvalue weighted by atomic mass is 10.0. The van der Waals surface area contributed by atoms with Gasteiger partial charge in [0.25, 0.3) is 5.91 Å². The van der Waals surface area contributed by atoms with E-state index in [1.807, 2.05) is 20.9 Å². The van der Waals surface area contributed by atoms with Crippen molar-refractivity contribution < 1.29 is 37.7 Å². The molecule has 1 heterocycles. The number of carbonyl (C=O) groups is 2. The number of aliphatic hydroxyl groups is 1. The molecule has 2 aromatic rings. The fourth-order valence-electron chi connectivity index (χ4n) is 5.10. The first-order valence-corrected chi connectivity index (χ1v) is 16.5. The summed E-state index contributed by atoms with van der Waals surface area (Å²) in [4.78, 5) is 29.0. The molecule has 0 unspecified atom stereocenters. The fraction of sp³-hybridized carbons (Fsp3) is 0.548. The van der Waals surface area contributed by atoms with Gasteiger partial charge < -0.3 is 24.6 Å². The summed E-state index contributed by atoms with van der Waals surface area (Å²) in [5.41, 5.74) is 1.66. The normalized spacial score (nSPS) is 21.4. The van der Waals surface area contributed by atoms with Gasteiger partial charge in [0.2, 0.25) is 10.0 Å². The van der Waals surface area contributed by atoms with Crippen molar-refractivity contribution in [1.29, 1.82) is 0 Å². The summed E-state index contributed by atoms with van der Waals surface area (Å²) >= 11 is 0. The van der Waals surface area contributed by atoms with Gasteiger partial charge in [-0.15, -0.1) is 0 Å². The summed E-state index contributed by atoms with van der Waals surface area (Å²) < 4.78 is 38.8. The van der Waals surface area contributed by atoms with E-state index in [9.17, 15) is 28.2 Å². The highest BCUT2D eigenvalue weighted by Gasteiger charge is 2.30. The van der Waals surface area contributed by atoms with Crippen molar-refractivity contribution >= 4 is 27.6 Å². The van der Waals surface area contributed by atoms with Crippen LogP contribution in [0.1, 0.15) is 66.3 Å². The standard InChI is InChI=1S/C31H45N3O8S/c1-21-17-34(22(2)20-35)30(36)27-16-26(32-43(5,39)40)13-14-28(27)42-23(3)8-6-7-15-41-29(21)19-33(4)18-24-9-11-25(12-10-24)31(37)38/h9-14,16,21-23,29,32,35H,6-8,15,17-20H2,1-5H3,(H,37,38)/t21-,22+,23-,29-/m1/s1. The molecule has 0 bridgehead atoms. The maximum absolute atomic E-state index is 14.1. The van der Waals surface area contributed by atoms with Crippen molar-refractivity contribution in [3.05, 3.63) is 59.2 Å². The second-order valence-corrected chi connectivity index (χ2v) is 13.3. The maximum atomic E-state index is 14.1. The maximum Gasteiger partial charge on any atom is 0.335 e. The summed E-state index contributed by atoms with van der Waals surface area (Å²) in [5.74, 6) is -1.11. The van der Waals surface area contributed by atoms with Crippen molar-refractivity contribution in [2.45, 2.75) is 64.8 Å². The Hall–Kier alpha value is -3.19. The minimum Gasteiger partial charge on any atom is -0.490 e. The summed E-state index contributed by atoms with van der Waals surface area (Å²) in [7, 11) is -1.61. The molecule has 4 atom stereocenters. The Bertz CT molecular complexity index is 1340. The van der Waals surface area contributed by atoms with Crippen LogP contribution in [0.3, 0.4) is 0 Å². The first-order valence-electron chi connectivity index (χ1n) is 14.6. The third kappa shape index (κ3) is 10.5. The molecule has 2 aromatic carbocycles. The van der Waals surface area contributed by atoms with Crippen LogP contribution < -0.4 is 9.46 Å². The van der Waals surface area contributed by atoms with Crippen LogP contribution in [0.5, 0.6) is 5.75 Å². The van der Waals surface area contributed by atoms with Gasteiger partial charge in [-0.3, -0.25) is 14.4 Å². The number of aliphatic hydroxyl groups excluding tert-OH is 1. The molecule has 3 rings (SSSR count). The number of carboxylic acid groups (broad SMARTS) is 1. The van der Waals surface area contributed by atoms with Crippen LogP contribution in [-0.4, -0.2) is 98.2 Å². The summed E-state index contributed by atoms with van der Waals surface area (Å²) in [6.45, 7) is 7.42. The largest absolute Gasteiger partial charge is 0.490 e. The molecule has 3 N–H and O–H groups in total. The lowest BCUT2D eigenvalue weighted by molar-refractivity contribution is -0.0177. The SMILES string of the molecule is C[C@@H]1CCCCO[C@H](CN(C)Cc2ccc(C(=O)O)cc2)[C@H](C)CN([C@@H](C)CO)C(=O)c2cc(NS(C)(=O)=O)ccc2O1. The Kier molecular flexibility index (Phi) is 12.4. The molecule has 43 heavy (non-hydrogen) atoms.